The van der Waals surface area contributed by atoms with Crippen molar-refractivity contribution in [2.45, 2.75) is 25.3 Å². The van der Waals surface area contributed by atoms with Crippen LogP contribution in [0.5, 0.6) is 5.75 Å². The number of hydrogen-bond acceptors (Lipinski definition) is 4. The van der Waals surface area contributed by atoms with Crippen LogP contribution >= 0.6 is 11.6 Å². The van der Waals surface area contributed by atoms with Crippen LogP contribution in [-0.4, -0.2) is 29.8 Å². The zero-order valence-corrected chi connectivity index (χ0v) is 14.4. The largest absolute Gasteiger partial charge is 0.493 e. The van der Waals surface area contributed by atoms with E-state index in [2.05, 4.69) is 10.3 Å². The Kier molecular flexibility index (Phi) is 6.07. The van der Waals surface area contributed by atoms with E-state index >= 15 is 0 Å². The number of rotatable bonds is 6. The second-order valence-corrected chi connectivity index (χ2v) is 6.64. The summed E-state index contributed by atoms with van der Waals surface area (Å²) in [4.78, 5) is 4.35. The first kappa shape index (κ1) is 17.2. The number of pyridine rings is 1. The normalized spacial score (nSPS) is 18.3. The number of nitrogens with one attached hydrogen (secondary N) is 1. The quantitative estimate of drug-likeness (QED) is 0.841. The van der Waals surface area contributed by atoms with Crippen LogP contribution in [0.1, 0.15) is 30.1 Å². The van der Waals surface area contributed by atoms with Gasteiger partial charge in [-0.1, -0.05) is 23.7 Å². The molecule has 2 atom stereocenters. The van der Waals surface area contributed by atoms with Gasteiger partial charge in [-0.3, -0.25) is 4.98 Å². The standard InChI is InChI=1S/C19H23ClN2O2/c20-15-6-7-17-18(5-3-9-24-19(17)11-15)22-12-14(13-23)10-16-4-1-2-8-21-16/h1-2,4,6-8,11,14,18,22-23H,3,5,9-10,12-13H2/t14-,18+/m1/s1. The second kappa shape index (κ2) is 8.47. The van der Waals surface area contributed by atoms with Crippen molar-refractivity contribution in [2.24, 2.45) is 5.92 Å². The minimum atomic E-state index is 0.139. The lowest BCUT2D eigenvalue weighted by Crippen LogP contribution is -2.30. The van der Waals surface area contributed by atoms with E-state index in [4.69, 9.17) is 16.3 Å². The predicted molar refractivity (Wildman–Crippen MR) is 95.4 cm³/mol. The number of halogens is 1. The monoisotopic (exact) mass is 346 g/mol. The Morgan fingerprint density at radius 2 is 2.25 bits per heavy atom. The summed E-state index contributed by atoms with van der Waals surface area (Å²) >= 11 is 6.08. The Balaban J connectivity index is 1.65. The molecule has 0 fully saturated rings. The molecule has 0 saturated heterocycles. The Labute approximate surface area is 147 Å². The van der Waals surface area contributed by atoms with E-state index in [9.17, 15) is 5.11 Å². The van der Waals surface area contributed by atoms with Gasteiger partial charge in [0, 0.05) is 41.7 Å². The molecule has 1 aliphatic rings. The first-order chi connectivity index (χ1) is 11.8. The summed E-state index contributed by atoms with van der Waals surface area (Å²) in [5.74, 6) is 1.00. The van der Waals surface area contributed by atoms with E-state index in [0.717, 1.165) is 42.8 Å². The summed E-state index contributed by atoms with van der Waals surface area (Å²) in [7, 11) is 0. The van der Waals surface area contributed by atoms with Gasteiger partial charge in [-0.25, -0.2) is 0 Å². The van der Waals surface area contributed by atoms with Crippen molar-refractivity contribution in [1.29, 1.82) is 0 Å². The molecule has 0 aliphatic carbocycles. The Bertz CT molecular complexity index is 651. The zero-order valence-electron chi connectivity index (χ0n) is 13.6. The molecule has 0 radical (unpaired) electrons. The summed E-state index contributed by atoms with van der Waals surface area (Å²) in [6, 6.07) is 11.9. The van der Waals surface area contributed by atoms with Crippen LogP contribution in [0.4, 0.5) is 0 Å². The summed E-state index contributed by atoms with van der Waals surface area (Å²) in [6.07, 6.45) is 4.56. The molecule has 24 heavy (non-hydrogen) atoms. The SMILES string of the molecule is OC[C@@H](CN[C@H]1CCCOc2cc(Cl)ccc21)Cc1ccccn1. The maximum absolute atomic E-state index is 9.69. The summed E-state index contributed by atoms with van der Waals surface area (Å²) in [6.45, 7) is 1.59. The molecule has 2 aromatic rings. The molecule has 1 aromatic carbocycles. The van der Waals surface area contributed by atoms with Crippen molar-refractivity contribution in [2.75, 3.05) is 19.8 Å². The van der Waals surface area contributed by atoms with Gasteiger partial charge < -0.3 is 15.2 Å². The van der Waals surface area contributed by atoms with Crippen molar-refractivity contribution >= 4 is 11.6 Å². The fourth-order valence-corrected chi connectivity index (χ4v) is 3.25. The van der Waals surface area contributed by atoms with Crippen molar-refractivity contribution < 1.29 is 9.84 Å². The van der Waals surface area contributed by atoms with Gasteiger partial charge in [0.1, 0.15) is 5.75 Å². The number of fused-ring (bicyclic) bond motifs is 1. The Hall–Kier alpha value is -1.62. The van der Waals surface area contributed by atoms with E-state index in [1.54, 1.807) is 6.20 Å². The highest BCUT2D eigenvalue weighted by atomic mass is 35.5. The van der Waals surface area contributed by atoms with Crippen LogP contribution in [0.15, 0.2) is 42.6 Å². The van der Waals surface area contributed by atoms with Crippen LogP contribution in [0.3, 0.4) is 0 Å². The molecular formula is C19H23ClN2O2. The fourth-order valence-electron chi connectivity index (χ4n) is 3.08. The fraction of sp³-hybridized carbons (Fsp3) is 0.421. The zero-order chi connectivity index (χ0) is 16.8. The Morgan fingerprint density at radius 1 is 1.33 bits per heavy atom. The maximum atomic E-state index is 9.69. The smallest absolute Gasteiger partial charge is 0.125 e. The summed E-state index contributed by atoms with van der Waals surface area (Å²) in [5.41, 5.74) is 2.15. The molecule has 4 nitrogen and oxygen atoms in total. The van der Waals surface area contributed by atoms with Crippen LogP contribution in [0.25, 0.3) is 0 Å². The van der Waals surface area contributed by atoms with Crippen LogP contribution in [0, 0.1) is 5.92 Å². The number of hydrogen-bond donors (Lipinski definition) is 2. The molecule has 128 valence electrons. The lowest BCUT2D eigenvalue weighted by atomic mass is 9.99. The van der Waals surface area contributed by atoms with Gasteiger partial charge >= 0.3 is 0 Å². The van der Waals surface area contributed by atoms with Crippen LogP contribution < -0.4 is 10.1 Å². The van der Waals surface area contributed by atoms with Crippen LogP contribution in [-0.2, 0) is 6.42 Å². The third kappa shape index (κ3) is 4.47. The highest BCUT2D eigenvalue weighted by molar-refractivity contribution is 6.30. The van der Waals surface area contributed by atoms with Gasteiger partial charge in [0.2, 0.25) is 0 Å². The third-order valence-electron chi connectivity index (χ3n) is 4.38. The minimum Gasteiger partial charge on any atom is -0.493 e. The topological polar surface area (TPSA) is 54.4 Å². The van der Waals surface area contributed by atoms with Crippen molar-refractivity contribution in [3.05, 3.63) is 58.9 Å². The highest BCUT2D eigenvalue weighted by Crippen LogP contribution is 2.33. The van der Waals surface area contributed by atoms with E-state index in [1.807, 2.05) is 36.4 Å². The molecule has 2 N–H and O–H groups in total. The van der Waals surface area contributed by atoms with Gasteiger partial charge in [0.25, 0.3) is 0 Å². The van der Waals surface area contributed by atoms with E-state index in [1.165, 1.54) is 0 Å². The first-order valence-corrected chi connectivity index (χ1v) is 8.80. The van der Waals surface area contributed by atoms with Gasteiger partial charge in [-0.2, -0.15) is 0 Å². The molecule has 2 heterocycles. The highest BCUT2D eigenvalue weighted by Gasteiger charge is 2.21. The molecule has 0 unspecified atom stereocenters. The van der Waals surface area contributed by atoms with Gasteiger partial charge in [-0.15, -0.1) is 0 Å². The molecule has 0 saturated carbocycles. The second-order valence-electron chi connectivity index (χ2n) is 6.21. The van der Waals surface area contributed by atoms with Crippen molar-refractivity contribution in [1.82, 2.24) is 10.3 Å². The van der Waals surface area contributed by atoms with E-state index < -0.39 is 0 Å². The predicted octanol–water partition coefficient (Wildman–Crippen LogP) is 3.39. The molecule has 1 aliphatic heterocycles. The molecule has 0 bridgehead atoms. The number of aromatic nitrogens is 1. The molecule has 0 spiro atoms. The van der Waals surface area contributed by atoms with Gasteiger partial charge in [0.15, 0.2) is 0 Å². The number of aliphatic hydroxyl groups excluding tert-OH is 1. The average molecular weight is 347 g/mol. The summed E-state index contributed by atoms with van der Waals surface area (Å²) in [5, 5.41) is 14.0. The third-order valence-corrected chi connectivity index (χ3v) is 4.62. The lowest BCUT2D eigenvalue weighted by Gasteiger charge is -2.22. The molecule has 5 heteroatoms. The number of aliphatic hydroxyl groups is 1. The number of nitrogens with zero attached hydrogens (tertiary/aromatic N) is 1. The summed E-state index contributed by atoms with van der Waals surface area (Å²) < 4.78 is 5.80. The number of ether oxygens (including phenoxy) is 1. The van der Waals surface area contributed by atoms with Gasteiger partial charge in [-0.05, 0) is 49.4 Å². The van der Waals surface area contributed by atoms with Crippen molar-refractivity contribution in [3.63, 3.8) is 0 Å². The van der Waals surface area contributed by atoms with E-state index in [0.29, 0.717) is 11.6 Å². The van der Waals surface area contributed by atoms with Crippen LogP contribution in [0.2, 0.25) is 5.02 Å². The molecule has 3 rings (SSSR count). The van der Waals surface area contributed by atoms with Gasteiger partial charge in [0.05, 0.1) is 6.61 Å². The van der Waals surface area contributed by atoms with Crippen molar-refractivity contribution in [3.8, 4) is 5.75 Å². The average Bonchev–Trinajstić information content (AvgIpc) is 2.81. The maximum Gasteiger partial charge on any atom is 0.125 e. The molecular weight excluding hydrogens is 324 g/mol. The van der Waals surface area contributed by atoms with E-state index in [-0.39, 0.29) is 18.6 Å². The minimum absolute atomic E-state index is 0.139. The molecule has 1 aromatic heterocycles. The first-order valence-electron chi connectivity index (χ1n) is 8.42. The number of benzene rings is 1. The lowest BCUT2D eigenvalue weighted by molar-refractivity contribution is 0.216. The Morgan fingerprint density at radius 3 is 3.04 bits per heavy atom. The molecule has 0 amide bonds.